The van der Waals surface area contributed by atoms with Gasteiger partial charge in [0.05, 0.1) is 6.04 Å². The van der Waals surface area contributed by atoms with Crippen LogP contribution in [-0.4, -0.2) is 33.4 Å². The number of carbonyl (C=O) groups is 1. The number of aromatic nitrogens is 2. The summed E-state index contributed by atoms with van der Waals surface area (Å²) in [6, 6.07) is 6.92. The van der Waals surface area contributed by atoms with Gasteiger partial charge in [0.15, 0.2) is 0 Å². The summed E-state index contributed by atoms with van der Waals surface area (Å²) < 4.78 is 15.3. The molecule has 3 atom stereocenters. The van der Waals surface area contributed by atoms with Gasteiger partial charge >= 0.3 is 0 Å². The number of rotatable bonds is 4. The van der Waals surface area contributed by atoms with E-state index in [2.05, 4.69) is 16.5 Å². The molecule has 2 heterocycles. The van der Waals surface area contributed by atoms with E-state index in [0.29, 0.717) is 6.04 Å². The molecule has 2 aromatic rings. The van der Waals surface area contributed by atoms with Crippen molar-refractivity contribution in [3.63, 3.8) is 0 Å². The average molecular weight is 341 g/mol. The van der Waals surface area contributed by atoms with Crippen molar-refractivity contribution in [2.45, 2.75) is 44.6 Å². The number of hydrogen-bond donors (Lipinski definition) is 0. The van der Waals surface area contributed by atoms with Crippen LogP contribution in [0.5, 0.6) is 0 Å². The fourth-order valence-corrected chi connectivity index (χ4v) is 4.11. The number of piperidine rings is 1. The highest BCUT2D eigenvalue weighted by Crippen LogP contribution is 2.48. The Morgan fingerprint density at radius 1 is 1.32 bits per heavy atom. The second kappa shape index (κ2) is 6.62. The summed E-state index contributed by atoms with van der Waals surface area (Å²) in [4.78, 5) is 19.4. The second-order valence-corrected chi connectivity index (χ2v) is 7.18. The van der Waals surface area contributed by atoms with Crippen LogP contribution in [0.1, 0.15) is 49.5 Å². The topological polar surface area (TPSA) is 38.1 Å². The summed E-state index contributed by atoms with van der Waals surface area (Å²) >= 11 is 0. The van der Waals surface area contributed by atoms with Crippen molar-refractivity contribution in [1.82, 2.24) is 14.5 Å². The highest BCUT2D eigenvalue weighted by atomic mass is 19.1. The second-order valence-electron chi connectivity index (χ2n) is 7.18. The number of amides is 1. The van der Waals surface area contributed by atoms with Gasteiger partial charge in [-0.25, -0.2) is 9.37 Å². The van der Waals surface area contributed by atoms with Gasteiger partial charge in [0.2, 0.25) is 5.91 Å². The van der Waals surface area contributed by atoms with E-state index in [1.165, 1.54) is 12.1 Å². The van der Waals surface area contributed by atoms with Crippen molar-refractivity contribution in [1.29, 1.82) is 0 Å². The summed E-state index contributed by atoms with van der Waals surface area (Å²) in [5.74, 6) is 1.45. The molecule has 1 aliphatic heterocycles. The van der Waals surface area contributed by atoms with Crippen molar-refractivity contribution in [2.75, 3.05) is 13.1 Å². The lowest BCUT2D eigenvalue weighted by atomic mass is 10.0. The Morgan fingerprint density at radius 3 is 2.88 bits per heavy atom. The molecule has 0 unspecified atom stereocenters. The molecule has 2 fully saturated rings. The third kappa shape index (κ3) is 3.20. The molecule has 4 rings (SSSR count). The van der Waals surface area contributed by atoms with Crippen LogP contribution in [0.4, 0.5) is 4.39 Å². The Labute approximate surface area is 147 Å². The summed E-state index contributed by atoms with van der Waals surface area (Å²) in [6.45, 7) is 3.73. The first kappa shape index (κ1) is 16.3. The van der Waals surface area contributed by atoms with E-state index in [4.69, 9.17) is 0 Å². The van der Waals surface area contributed by atoms with E-state index in [1.54, 1.807) is 0 Å². The third-order valence-electron chi connectivity index (χ3n) is 5.57. The van der Waals surface area contributed by atoms with Crippen molar-refractivity contribution < 1.29 is 9.18 Å². The number of nitrogens with zero attached hydrogens (tertiary/aromatic N) is 3. The Morgan fingerprint density at radius 2 is 2.12 bits per heavy atom. The van der Waals surface area contributed by atoms with Crippen molar-refractivity contribution >= 4 is 5.91 Å². The quantitative estimate of drug-likeness (QED) is 0.853. The number of likely N-dealkylation sites (tertiary alicyclic amines) is 1. The van der Waals surface area contributed by atoms with E-state index < -0.39 is 0 Å². The van der Waals surface area contributed by atoms with E-state index >= 15 is 0 Å². The predicted molar refractivity (Wildman–Crippen MR) is 93.7 cm³/mol. The number of halogens is 1. The fraction of sp³-hybridized carbons (Fsp3) is 0.500. The third-order valence-corrected chi connectivity index (χ3v) is 5.57. The minimum Gasteiger partial charge on any atom is -0.340 e. The van der Waals surface area contributed by atoms with E-state index in [0.717, 1.165) is 50.2 Å². The van der Waals surface area contributed by atoms with Crippen molar-refractivity contribution in [2.24, 2.45) is 5.92 Å². The first-order valence-corrected chi connectivity index (χ1v) is 9.23. The monoisotopic (exact) mass is 341 g/mol. The van der Waals surface area contributed by atoms with Crippen LogP contribution < -0.4 is 0 Å². The summed E-state index contributed by atoms with van der Waals surface area (Å²) in [5.41, 5.74) is 1.08. The molecule has 0 bridgehead atoms. The van der Waals surface area contributed by atoms with Gasteiger partial charge in [-0.1, -0.05) is 19.1 Å². The largest absolute Gasteiger partial charge is 0.340 e. The van der Waals surface area contributed by atoms with E-state index in [1.807, 2.05) is 29.4 Å². The number of aryl methyl sites for hydroxylation is 1. The Kier molecular flexibility index (Phi) is 4.32. The minimum absolute atomic E-state index is 0.0673. The molecule has 1 saturated carbocycles. The summed E-state index contributed by atoms with van der Waals surface area (Å²) in [7, 11) is 0. The Hall–Kier alpha value is -2.17. The molecule has 1 aromatic heterocycles. The number of imidazole rings is 1. The van der Waals surface area contributed by atoms with Crippen LogP contribution in [0.15, 0.2) is 36.7 Å². The minimum atomic E-state index is -0.224. The molecule has 0 spiro atoms. The van der Waals surface area contributed by atoms with E-state index in [9.17, 15) is 9.18 Å². The van der Waals surface area contributed by atoms with Gasteiger partial charge in [-0.2, -0.15) is 0 Å². The van der Waals surface area contributed by atoms with Gasteiger partial charge in [0, 0.05) is 37.8 Å². The SMILES string of the molecule is CCc1nccn1[C@@H]1CCCN(C(=O)[C@@H]2C[C@@H]2c2ccc(F)cc2)C1. The first-order chi connectivity index (χ1) is 12.2. The smallest absolute Gasteiger partial charge is 0.226 e. The molecule has 1 saturated heterocycles. The van der Waals surface area contributed by atoms with Crippen LogP contribution in [0, 0.1) is 11.7 Å². The maximum absolute atomic E-state index is 13.1. The highest BCUT2D eigenvalue weighted by Gasteiger charge is 2.46. The van der Waals surface area contributed by atoms with Gasteiger partial charge in [-0.05, 0) is 42.9 Å². The molecule has 2 aliphatic rings. The molecular weight excluding hydrogens is 317 g/mol. The lowest BCUT2D eigenvalue weighted by molar-refractivity contribution is -0.134. The van der Waals surface area contributed by atoms with E-state index in [-0.39, 0.29) is 23.6 Å². The molecule has 4 nitrogen and oxygen atoms in total. The standard InChI is InChI=1S/C20H24FN3O/c1-2-19-22-9-11-24(19)16-4-3-10-23(13-16)20(25)18-12-17(18)14-5-7-15(21)8-6-14/h5-9,11,16-18H,2-4,10,12-13H2,1H3/t16-,17-,18-/m1/s1. The van der Waals surface area contributed by atoms with Gasteiger partial charge < -0.3 is 9.47 Å². The maximum atomic E-state index is 13.1. The van der Waals surface area contributed by atoms with Crippen LogP contribution in [0.2, 0.25) is 0 Å². The first-order valence-electron chi connectivity index (χ1n) is 9.23. The zero-order valence-electron chi connectivity index (χ0n) is 14.6. The molecule has 132 valence electrons. The summed E-state index contributed by atoms with van der Waals surface area (Å²) in [5, 5.41) is 0. The Balaban J connectivity index is 1.42. The van der Waals surface area contributed by atoms with Gasteiger partial charge in [-0.15, -0.1) is 0 Å². The van der Waals surface area contributed by atoms with Crippen LogP contribution in [-0.2, 0) is 11.2 Å². The van der Waals surface area contributed by atoms with Gasteiger partial charge in [0.25, 0.3) is 0 Å². The molecule has 1 amide bonds. The van der Waals surface area contributed by atoms with Crippen LogP contribution >= 0.6 is 0 Å². The summed E-state index contributed by atoms with van der Waals surface area (Å²) in [6.07, 6.45) is 7.81. The molecule has 1 aliphatic carbocycles. The Bertz CT molecular complexity index is 755. The number of benzene rings is 1. The van der Waals surface area contributed by atoms with Gasteiger partial charge in [-0.3, -0.25) is 4.79 Å². The lowest BCUT2D eigenvalue weighted by Gasteiger charge is -2.34. The molecule has 0 radical (unpaired) electrons. The zero-order chi connectivity index (χ0) is 17.4. The van der Waals surface area contributed by atoms with Crippen molar-refractivity contribution in [3.05, 3.63) is 53.9 Å². The highest BCUT2D eigenvalue weighted by molar-refractivity contribution is 5.83. The lowest BCUT2D eigenvalue weighted by Crippen LogP contribution is -2.41. The average Bonchev–Trinajstić information content (AvgIpc) is 3.29. The molecule has 0 N–H and O–H groups in total. The maximum Gasteiger partial charge on any atom is 0.226 e. The molecular formula is C20H24FN3O. The zero-order valence-corrected chi connectivity index (χ0v) is 14.6. The van der Waals surface area contributed by atoms with Crippen LogP contribution in [0.3, 0.4) is 0 Å². The number of hydrogen-bond acceptors (Lipinski definition) is 2. The fourth-order valence-electron chi connectivity index (χ4n) is 4.11. The van der Waals surface area contributed by atoms with Crippen LogP contribution in [0.25, 0.3) is 0 Å². The molecule has 1 aromatic carbocycles. The normalized spacial score (nSPS) is 25.8. The molecule has 25 heavy (non-hydrogen) atoms. The molecule has 5 heteroatoms. The van der Waals surface area contributed by atoms with Gasteiger partial charge in [0.1, 0.15) is 11.6 Å². The predicted octanol–water partition coefficient (Wildman–Crippen LogP) is 3.55. The number of carbonyl (C=O) groups excluding carboxylic acids is 1. The van der Waals surface area contributed by atoms with Crippen molar-refractivity contribution in [3.8, 4) is 0 Å².